The molecular formula is C24H34N4O5S. The molecule has 1 N–H and O–H groups in total. The summed E-state index contributed by atoms with van der Waals surface area (Å²) in [7, 11) is 1.45. The average Bonchev–Trinajstić information content (AvgIpc) is 2.80. The topological polar surface area (TPSA) is 103 Å². The number of amides is 1. The molecule has 2 aromatic rings. The summed E-state index contributed by atoms with van der Waals surface area (Å²) in [6.07, 6.45) is 2.92. The fraction of sp³-hybridized carbons (Fsp3) is 0.500. The van der Waals surface area contributed by atoms with E-state index in [0.717, 1.165) is 11.1 Å². The van der Waals surface area contributed by atoms with Gasteiger partial charge < -0.3 is 19.6 Å². The van der Waals surface area contributed by atoms with Crippen LogP contribution in [0.2, 0.25) is 0 Å². The summed E-state index contributed by atoms with van der Waals surface area (Å²) < 4.78 is 34.8. The first kappa shape index (κ1) is 26.1. The third-order valence-electron chi connectivity index (χ3n) is 5.99. The van der Waals surface area contributed by atoms with Crippen molar-refractivity contribution in [3.8, 4) is 16.9 Å². The summed E-state index contributed by atoms with van der Waals surface area (Å²) in [6, 6.07) is 8.07. The number of hydrogen-bond donors (Lipinski definition) is 1. The number of aliphatic hydroxyl groups is 1. The largest absolute Gasteiger partial charge is 0.487 e. The van der Waals surface area contributed by atoms with Gasteiger partial charge in [-0.2, -0.15) is 4.31 Å². The number of pyridine rings is 1. The Morgan fingerprint density at radius 3 is 2.62 bits per heavy atom. The Morgan fingerprint density at radius 1 is 1.26 bits per heavy atom. The number of likely N-dealkylation sites (N-methyl/N-ethyl adjacent to an activating group) is 2. The van der Waals surface area contributed by atoms with E-state index in [1.807, 2.05) is 33.2 Å². The Kier molecular flexibility index (Phi) is 8.29. The molecular weight excluding hydrogens is 456 g/mol. The summed E-state index contributed by atoms with van der Waals surface area (Å²) in [5.41, 5.74) is 1.60. The third-order valence-corrected chi connectivity index (χ3v) is 8.01. The molecule has 3 atom stereocenters. The van der Waals surface area contributed by atoms with Crippen molar-refractivity contribution in [2.24, 2.45) is 5.92 Å². The number of nitrogens with zero attached hydrogens (tertiary/aromatic N) is 4. The minimum Gasteiger partial charge on any atom is -0.487 e. The van der Waals surface area contributed by atoms with Crippen LogP contribution in [0.5, 0.6) is 5.75 Å². The van der Waals surface area contributed by atoms with Crippen molar-refractivity contribution in [3.05, 3.63) is 42.7 Å². The fourth-order valence-corrected chi connectivity index (χ4v) is 5.75. The van der Waals surface area contributed by atoms with Crippen LogP contribution in [0.4, 0.5) is 0 Å². The lowest BCUT2D eigenvalue weighted by atomic mass is 10.0. The van der Waals surface area contributed by atoms with Gasteiger partial charge in [-0.15, -0.1) is 0 Å². The monoisotopic (exact) mass is 490 g/mol. The Balaban J connectivity index is 2.06. The second-order valence-electron chi connectivity index (χ2n) is 9.16. The summed E-state index contributed by atoms with van der Waals surface area (Å²) in [6.45, 7) is 4.00. The molecule has 1 aliphatic rings. The predicted octanol–water partition coefficient (Wildman–Crippen LogP) is 1.54. The first-order valence-electron chi connectivity index (χ1n) is 11.3. The zero-order chi connectivity index (χ0) is 25.0. The van der Waals surface area contributed by atoms with Crippen molar-refractivity contribution in [2.45, 2.75) is 30.9 Å². The molecule has 0 bridgehead atoms. The quantitative estimate of drug-likeness (QED) is 0.628. The van der Waals surface area contributed by atoms with Gasteiger partial charge in [-0.25, -0.2) is 8.42 Å². The number of hydrogen-bond acceptors (Lipinski definition) is 7. The van der Waals surface area contributed by atoms with Gasteiger partial charge in [0.2, 0.25) is 15.9 Å². The maximum Gasteiger partial charge on any atom is 0.247 e. The zero-order valence-corrected chi connectivity index (χ0v) is 21.2. The van der Waals surface area contributed by atoms with Crippen molar-refractivity contribution in [3.63, 3.8) is 0 Å². The van der Waals surface area contributed by atoms with Gasteiger partial charge in [-0.05, 0) is 44.8 Å². The van der Waals surface area contributed by atoms with E-state index in [9.17, 15) is 18.3 Å². The van der Waals surface area contributed by atoms with E-state index >= 15 is 0 Å². The lowest BCUT2D eigenvalue weighted by Crippen LogP contribution is -2.50. The van der Waals surface area contributed by atoms with Gasteiger partial charge in [-0.3, -0.25) is 9.78 Å². The average molecular weight is 491 g/mol. The molecule has 1 aromatic heterocycles. The van der Waals surface area contributed by atoms with E-state index in [1.54, 1.807) is 48.3 Å². The van der Waals surface area contributed by atoms with E-state index in [1.165, 1.54) is 10.4 Å². The van der Waals surface area contributed by atoms with Crippen LogP contribution in [0.1, 0.15) is 13.8 Å². The van der Waals surface area contributed by atoms with Crippen LogP contribution in [0.3, 0.4) is 0 Å². The van der Waals surface area contributed by atoms with Gasteiger partial charge >= 0.3 is 0 Å². The summed E-state index contributed by atoms with van der Waals surface area (Å²) in [5.74, 6) is -0.0736. The number of benzene rings is 1. The van der Waals surface area contributed by atoms with Crippen molar-refractivity contribution >= 4 is 15.9 Å². The fourth-order valence-electron chi connectivity index (χ4n) is 3.92. The normalized spacial score (nSPS) is 21.1. The highest BCUT2D eigenvalue weighted by molar-refractivity contribution is 7.89. The summed E-state index contributed by atoms with van der Waals surface area (Å²) in [4.78, 5) is 20.2. The highest BCUT2D eigenvalue weighted by atomic mass is 32.2. The second-order valence-corrected chi connectivity index (χ2v) is 11.0. The number of fused-ring (bicyclic) bond motifs is 1. The van der Waals surface area contributed by atoms with Crippen LogP contribution in [-0.2, 0) is 14.8 Å². The smallest absolute Gasteiger partial charge is 0.247 e. The van der Waals surface area contributed by atoms with Crippen molar-refractivity contribution in [1.82, 2.24) is 19.1 Å². The van der Waals surface area contributed by atoms with Crippen LogP contribution in [0.15, 0.2) is 47.6 Å². The van der Waals surface area contributed by atoms with Crippen LogP contribution in [0, 0.1) is 5.92 Å². The Morgan fingerprint density at radius 2 is 2.00 bits per heavy atom. The Labute approximate surface area is 202 Å². The molecule has 3 rings (SSSR count). The molecule has 0 saturated carbocycles. The van der Waals surface area contributed by atoms with Gasteiger partial charge in [0, 0.05) is 43.5 Å². The molecule has 10 heteroatoms. The molecule has 186 valence electrons. The number of aliphatic hydroxyl groups excluding tert-OH is 1. The molecule has 34 heavy (non-hydrogen) atoms. The first-order chi connectivity index (χ1) is 16.0. The minimum atomic E-state index is -3.92. The highest BCUT2D eigenvalue weighted by Gasteiger charge is 2.38. The minimum absolute atomic E-state index is 0.0413. The van der Waals surface area contributed by atoms with Crippen LogP contribution >= 0.6 is 0 Å². The van der Waals surface area contributed by atoms with E-state index in [0.29, 0.717) is 6.54 Å². The summed E-state index contributed by atoms with van der Waals surface area (Å²) in [5, 5.41) is 9.77. The molecule has 0 radical (unpaired) electrons. The van der Waals surface area contributed by atoms with Crippen LogP contribution < -0.4 is 4.74 Å². The maximum absolute atomic E-state index is 13.6. The third kappa shape index (κ3) is 5.75. The lowest BCUT2D eigenvalue weighted by molar-refractivity contribution is -0.132. The predicted molar refractivity (Wildman–Crippen MR) is 130 cm³/mol. The Hall–Kier alpha value is -2.53. The number of rotatable bonds is 7. The molecule has 0 spiro atoms. The standard InChI is InChI=1S/C24H34N4O5S/c1-17-13-28(18(2)16-29)34(31,32)23-9-8-19(20-7-6-10-25-12-20)11-21(23)33-22(17)14-27(5)24(30)15-26(3)4/h6-12,17-18,22,29H,13-16H2,1-5H3/t17-,18-,22-/m1/s1. The highest BCUT2D eigenvalue weighted by Crippen LogP contribution is 2.36. The molecule has 1 aliphatic heterocycles. The molecule has 9 nitrogen and oxygen atoms in total. The number of sulfonamides is 1. The van der Waals surface area contributed by atoms with Gasteiger partial charge in [-0.1, -0.05) is 19.1 Å². The number of ether oxygens (including phenoxy) is 1. The van der Waals surface area contributed by atoms with Crippen molar-refractivity contribution < 1.29 is 23.1 Å². The zero-order valence-electron chi connectivity index (χ0n) is 20.4. The molecule has 0 unspecified atom stereocenters. The number of carbonyl (C=O) groups is 1. The first-order valence-corrected chi connectivity index (χ1v) is 12.7. The van der Waals surface area contributed by atoms with Gasteiger partial charge in [0.25, 0.3) is 0 Å². The van der Waals surface area contributed by atoms with Crippen molar-refractivity contribution in [2.75, 3.05) is 47.4 Å². The molecule has 2 heterocycles. The lowest BCUT2D eigenvalue weighted by Gasteiger charge is -2.37. The molecule has 1 amide bonds. The molecule has 0 aliphatic carbocycles. The summed E-state index contributed by atoms with van der Waals surface area (Å²) >= 11 is 0. The molecule has 0 saturated heterocycles. The van der Waals surface area contributed by atoms with E-state index < -0.39 is 22.2 Å². The van der Waals surface area contributed by atoms with Gasteiger partial charge in [0.15, 0.2) is 0 Å². The van der Waals surface area contributed by atoms with E-state index in [-0.39, 0.29) is 42.2 Å². The van der Waals surface area contributed by atoms with Gasteiger partial charge in [0.05, 0.1) is 19.7 Å². The second kappa shape index (κ2) is 10.8. The maximum atomic E-state index is 13.6. The SMILES string of the molecule is C[C@@H]1CN([C@H](C)CO)S(=O)(=O)c2ccc(-c3cccnc3)cc2O[C@@H]1CN(C)C(=O)CN(C)C. The van der Waals surface area contributed by atoms with E-state index in [2.05, 4.69) is 4.98 Å². The van der Waals surface area contributed by atoms with Crippen molar-refractivity contribution in [1.29, 1.82) is 0 Å². The van der Waals surface area contributed by atoms with Crippen LogP contribution in [-0.4, -0.2) is 98.1 Å². The van der Waals surface area contributed by atoms with Gasteiger partial charge in [0.1, 0.15) is 16.7 Å². The van der Waals surface area contributed by atoms with Crippen LogP contribution in [0.25, 0.3) is 11.1 Å². The van der Waals surface area contributed by atoms with E-state index in [4.69, 9.17) is 4.74 Å². The number of aromatic nitrogens is 1. The molecule has 1 aromatic carbocycles. The molecule has 0 fully saturated rings. The Bertz CT molecular complexity index is 1090. The number of carbonyl (C=O) groups excluding carboxylic acids is 1.